The second-order valence-electron chi connectivity index (χ2n) is 2.68. The maximum atomic E-state index is 3.06. The van der Waals surface area contributed by atoms with Crippen LogP contribution in [-0.2, 0) is 0 Å². The van der Waals surface area contributed by atoms with Crippen LogP contribution in [0.4, 0.5) is 0 Å². The summed E-state index contributed by atoms with van der Waals surface area (Å²) in [6.45, 7) is 2.16. The zero-order valence-corrected chi connectivity index (χ0v) is 7.67. The van der Waals surface area contributed by atoms with Gasteiger partial charge < -0.3 is 5.32 Å². The highest BCUT2D eigenvalue weighted by Crippen LogP contribution is 2.15. The quantitative estimate of drug-likeness (QED) is 0.718. The molecule has 0 aromatic heterocycles. The number of nitrogens with one attached hydrogen (secondary N) is 1. The first-order valence-electron chi connectivity index (χ1n) is 4.30. The van der Waals surface area contributed by atoms with Crippen molar-refractivity contribution >= 4 is 5.57 Å². The van der Waals surface area contributed by atoms with Crippen LogP contribution in [0.5, 0.6) is 0 Å². The Morgan fingerprint density at radius 1 is 1.33 bits per heavy atom. The summed E-state index contributed by atoms with van der Waals surface area (Å²) in [5, 5.41) is 3.06. The summed E-state index contributed by atoms with van der Waals surface area (Å²) in [7, 11) is 1.93. The average molecular weight is 161 g/mol. The lowest BCUT2D eigenvalue weighted by molar-refractivity contribution is 1.08. The minimum Gasteiger partial charge on any atom is -0.394 e. The smallest absolute Gasteiger partial charge is 0.00278 e. The van der Waals surface area contributed by atoms with Crippen molar-refractivity contribution in [1.29, 1.82) is 0 Å². The van der Waals surface area contributed by atoms with Crippen LogP contribution in [-0.4, -0.2) is 7.05 Å². The molecule has 0 aliphatic rings. The van der Waals surface area contributed by atoms with Crippen LogP contribution in [0.15, 0.2) is 36.5 Å². The Morgan fingerprint density at radius 3 is 2.50 bits per heavy atom. The number of hydrogen-bond donors (Lipinski definition) is 1. The highest BCUT2D eigenvalue weighted by molar-refractivity contribution is 5.64. The lowest BCUT2D eigenvalue weighted by Crippen LogP contribution is -1.95. The molecule has 0 amide bonds. The first-order chi connectivity index (χ1) is 5.88. The van der Waals surface area contributed by atoms with Gasteiger partial charge in [-0.15, -0.1) is 0 Å². The molecule has 0 atom stereocenters. The van der Waals surface area contributed by atoms with Crippen molar-refractivity contribution in [2.75, 3.05) is 7.05 Å². The molecule has 0 saturated carbocycles. The predicted octanol–water partition coefficient (Wildman–Crippen LogP) is 2.66. The molecule has 0 radical (unpaired) electrons. The first kappa shape index (κ1) is 8.85. The summed E-state index contributed by atoms with van der Waals surface area (Å²) in [6, 6.07) is 10.4. The molecule has 1 nitrogen and oxygen atoms in total. The van der Waals surface area contributed by atoms with E-state index in [4.69, 9.17) is 0 Å². The SMILES string of the molecule is CC/C(=C/NC)c1ccccc1. The van der Waals surface area contributed by atoms with Crippen molar-refractivity contribution in [2.45, 2.75) is 13.3 Å². The van der Waals surface area contributed by atoms with Crippen molar-refractivity contribution in [3.8, 4) is 0 Å². The van der Waals surface area contributed by atoms with Gasteiger partial charge in [-0.2, -0.15) is 0 Å². The normalized spacial score (nSPS) is 11.3. The molecule has 0 aliphatic heterocycles. The summed E-state index contributed by atoms with van der Waals surface area (Å²) in [5.41, 5.74) is 2.65. The van der Waals surface area contributed by atoms with Gasteiger partial charge >= 0.3 is 0 Å². The topological polar surface area (TPSA) is 12.0 Å². The fraction of sp³-hybridized carbons (Fsp3) is 0.273. The van der Waals surface area contributed by atoms with Gasteiger partial charge in [0.1, 0.15) is 0 Å². The van der Waals surface area contributed by atoms with E-state index in [1.807, 2.05) is 13.1 Å². The van der Waals surface area contributed by atoms with E-state index in [0.717, 1.165) is 6.42 Å². The third kappa shape index (κ3) is 2.12. The van der Waals surface area contributed by atoms with Crippen LogP contribution >= 0.6 is 0 Å². The highest BCUT2D eigenvalue weighted by Gasteiger charge is 1.95. The van der Waals surface area contributed by atoms with Crippen LogP contribution in [0, 0.1) is 0 Å². The lowest BCUT2D eigenvalue weighted by atomic mass is 10.1. The molecule has 0 bridgehead atoms. The van der Waals surface area contributed by atoms with Crippen molar-refractivity contribution in [3.05, 3.63) is 42.1 Å². The predicted molar refractivity (Wildman–Crippen MR) is 53.8 cm³/mol. The summed E-state index contributed by atoms with van der Waals surface area (Å²) < 4.78 is 0. The summed E-state index contributed by atoms with van der Waals surface area (Å²) in [4.78, 5) is 0. The molecular weight excluding hydrogens is 146 g/mol. The van der Waals surface area contributed by atoms with Gasteiger partial charge in [0.25, 0.3) is 0 Å². The first-order valence-corrected chi connectivity index (χ1v) is 4.30. The molecule has 1 heteroatoms. The van der Waals surface area contributed by atoms with Gasteiger partial charge in [0, 0.05) is 7.05 Å². The van der Waals surface area contributed by atoms with Crippen LogP contribution in [0.3, 0.4) is 0 Å². The van der Waals surface area contributed by atoms with Crippen molar-refractivity contribution in [2.24, 2.45) is 0 Å². The van der Waals surface area contributed by atoms with Gasteiger partial charge in [-0.05, 0) is 23.8 Å². The zero-order valence-electron chi connectivity index (χ0n) is 7.67. The Kier molecular flexibility index (Phi) is 3.39. The average Bonchev–Trinajstić information content (AvgIpc) is 2.15. The Morgan fingerprint density at radius 2 is 2.00 bits per heavy atom. The third-order valence-corrected chi connectivity index (χ3v) is 1.84. The maximum absolute atomic E-state index is 3.06. The Hall–Kier alpha value is -1.24. The molecule has 1 rings (SSSR count). The lowest BCUT2D eigenvalue weighted by Gasteiger charge is -2.03. The van der Waals surface area contributed by atoms with Gasteiger partial charge in [0.2, 0.25) is 0 Å². The molecule has 0 saturated heterocycles. The number of rotatable bonds is 3. The molecule has 1 N–H and O–H groups in total. The monoisotopic (exact) mass is 161 g/mol. The maximum Gasteiger partial charge on any atom is 0.00278 e. The minimum atomic E-state index is 1.06. The highest BCUT2D eigenvalue weighted by atomic mass is 14.8. The van der Waals surface area contributed by atoms with Crippen LogP contribution < -0.4 is 5.32 Å². The number of benzene rings is 1. The van der Waals surface area contributed by atoms with Gasteiger partial charge in [0.15, 0.2) is 0 Å². The van der Waals surface area contributed by atoms with Crippen LogP contribution in [0.25, 0.3) is 5.57 Å². The largest absolute Gasteiger partial charge is 0.394 e. The van der Waals surface area contributed by atoms with E-state index >= 15 is 0 Å². The van der Waals surface area contributed by atoms with E-state index in [-0.39, 0.29) is 0 Å². The van der Waals surface area contributed by atoms with E-state index in [0.29, 0.717) is 0 Å². The van der Waals surface area contributed by atoms with E-state index in [2.05, 4.69) is 42.7 Å². The molecule has 0 unspecified atom stereocenters. The fourth-order valence-electron chi connectivity index (χ4n) is 1.22. The van der Waals surface area contributed by atoms with Crippen molar-refractivity contribution in [3.63, 3.8) is 0 Å². The molecular formula is C11H15N. The standard InChI is InChI=1S/C11H15N/c1-3-10(9-12-2)11-7-5-4-6-8-11/h4-9,12H,3H2,1-2H3/b10-9-. The summed E-state index contributed by atoms with van der Waals surface area (Å²) in [6.07, 6.45) is 3.11. The molecule has 0 heterocycles. The van der Waals surface area contributed by atoms with Gasteiger partial charge in [-0.25, -0.2) is 0 Å². The second kappa shape index (κ2) is 4.60. The zero-order chi connectivity index (χ0) is 8.81. The molecule has 64 valence electrons. The Balaban J connectivity index is 2.88. The number of hydrogen-bond acceptors (Lipinski definition) is 1. The van der Waals surface area contributed by atoms with Gasteiger partial charge in [-0.1, -0.05) is 37.3 Å². The van der Waals surface area contributed by atoms with Crippen LogP contribution in [0.2, 0.25) is 0 Å². The van der Waals surface area contributed by atoms with Gasteiger partial charge in [-0.3, -0.25) is 0 Å². The number of allylic oxidation sites excluding steroid dienone is 1. The molecule has 1 aromatic carbocycles. The molecule has 12 heavy (non-hydrogen) atoms. The van der Waals surface area contributed by atoms with E-state index in [1.54, 1.807) is 0 Å². The summed E-state index contributed by atoms with van der Waals surface area (Å²) in [5.74, 6) is 0. The Bertz CT molecular complexity index is 249. The second-order valence-corrected chi connectivity index (χ2v) is 2.68. The minimum absolute atomic E-state index is 1.06. The molecule has 1 aromatic rings. The molecule has 0 aliphatic carbocycles. The van der Waals surface area contributed by atoms with E-state index in [1.165, 1.54) is 11.1 Å². The Labute approximate surface area is 74.1 Å². The van der Waals surface area contributed by atoms with Crippen molar-refractivity contribution in [1.82, 2.24) is 5.32 Å². The molecule has 0 spiro atoms. The van der Waals surface area contributed by atoms with E-state index in [9.17, 15) is 0 Å². The molecule has 0 fully saturated rings. The fourth-order valence-corrected chi connectivity index (χ4v) is 1.22. The van der Waals surface area contributed by atoms with Crippen molar-refractivity contribution < 1.29 is 0 Å². The van der Waals surface area contributed by atoms with Crippen LogP contribution in [0.1, 0.15) is 18.9 Å². The summed E-state index contributed by atoms with van der Waals surface area (Å²) >= 11 is 0. The third-order valence-electron chi connectivity index (χ3n) is 1.84. The van der Waals surface area contributed by atoms with E-state index < -0.39 is 0 Å². The van der Waals surface area contributed by atoms with Gasteiger partial charge in [0.05, 0.1) is 0 Å².